The van der Waals surface area contributed by atoms with Crippen LogP contribution in [0.3, 0.4) is 0 Å². The lowest BCUT2D eigenvalue weighted by atomic mass is 10.2. The van der Waals surface area contributed by atoms with Crippen LogP contribution in [-0.2, 0) is 6.54 Å². The molecule has 2 rings (SSSR count). The Balaban J connectivity index is 2.06. The summed E-state index contributed by atoms with van der Waals surface area (Å²) in [5.74, 6) is 5.59. The van der Waals surface area contributed by atoms with Gasteiger partial charge in [-0.15, -0.1) is 0 Å². The van der Waals surface area contributed by atoms with Crippen LogP contribution in [0, 0.1) is 0 Å². The Kier molecular flexibility index (Phi) is 3.46. The van der Waals surface area contributed by atoms with E-state index in [4.69, 9.17) is 5.84 Å². The summed E-state index contributed by atoms with van der Waals surface area (Å²) in [5.41, 5.74) is 1.11. The third-order valence-corrected chi connectivity index (χ3v) is 3.10. The second-order valence-corrected chi connectivity index (χ2v) is 4.80. The van der Waals surface area contributed by atoms with Crippen LogP contribution in [0.4, 0.5) is 4.79 Å². The number of nitrogens with two attached hydrogens (primary N) is 1. The Morgan fingerprint density at radius 1 is 1.38 bits per heavy atom. The summed E-state index contributed by atoms with van der Waals surface area (Å²) in [7, 11) is 0. The number of benzene rings is 1. The van der Waals surface area contributed by atoms with Gasteiger partial charge in [0.2, 0.25) is 0 Å². The van der Waals surface area contributed by atoms with Gasteiger partial charge in [0.1, 0.15) is 0 Å². The largest absolute Gasteiger partial charge is 0.334 e. The van der Waals surface area contributed by atoms with E-state index in [-0.39, 0.29) is 6.03 Å². The van der Waals surface area contributed by atoms with Crippen LogP contribution in [0.5, 0.6) is 0 Å². The highest BCUT2D eigenvalue weighted by molar-refractivity contribution is 9.10. The van der Waals surface area contributed by atoms with Gasteiger partial charge >= 0.3 is 6.03 Å². The molecule has 5 heteroatoms. The Labute approximate surface area is 103 Å². The SMILES string of the molecule is NN1CCCN(Cc2cccc(Br)c2)C1=O. The van der Waals surface area contributed by atoms with Crippen LogP contribution in [0.25, 0.3) is 0 Å². The molecule has 0 radical (unpaired) electrons. The highest BCUT2D eigenvalue weighted by atomic mass is 79.9. The summed E-state index contributed by atoms with van der Waals surface area (Å²) in [6.07, 6.45) is 0.927. The van der Waals surface area contributed by atoms with Crippen molar-refractivity contribution in [3.05, 3.63) is 34.3 Å². The van der Waals surface area contributed by atoms with Crippen molar-refractivity contribution in [2.45, 2.75) is 13.0 Å². The Morgan fingerprint density at radius 3 is 2.94 bits per heavy atom. The van der Waals surface area contributed by atoms with Crippen LogP contribution >= 0.6 is 15.9 Å². The van der Waals surface area contributed by atoms with E-state index in [1.54, 1.807) is 4.90 Å². The number of hydrogen-bond acceptors (Lipinski definition) is 2. The number of halogens is 1. The quantitative estimate of drug-likeness (QED) is 0.666. The molecule has 86 valence electrons. The smallest absolute Gasteiger partial charge is 0.319 e. The Hall–Kier alpha value is -1.07. The van der Waals surface area contributed by atoms with E-state index < -0.39 is 0 Å². The minimum atomic E-state index is -0.0915. The fraction of sp³-hybridized carbons (Fsp3) is 0.364. The Bertz CT molecular complexity index is 397. The van der Waals surface area contributed by atoms with Crippen LogP contribution in [-0.4, -0.2) is 29.0 Å². The summed E-state index contributed by atoms with van der Waals surface area (Å²) in [5, 5.41) is 1.28. The molecule has 1 aromatic rings. The Morgan fingerprint density at radius 2 is 2.19 bits per heavy atom. The zero-order chi connectivity index (χ0) is 11.5. The van der Waals surface area contributed by atoms with Crippen LogP contribution in [0.1, 0.15) is 12.0 Å². The first kappa shape index (κ1) is 11.4. The highest BCUT2D eigenvalue weighted by Crippen LogP contribution is 2.15. The first-order valence-corrected chi connectivity index (χ1v) is 6.02. The van der Waals surface area contributed by atoms with Gasteiger partial charge in [-0.05, 0) is 24.1 Å². The van der Waals surface area contributed by atoms with Gasteiger partial charge in [-0.2, -0.15) is 0 Å². The molecule has 1 fully saturated rings. The van der Waals surface area contributed by atoms with Gasteiger partial charge in [0.15, 0.2) is 0 Å². The molecular formula is C11H14BrN3O. The number of amides is 2. The third-order valence-electron chi connectivity index (χ3n) is 2.61. The van der Waals surface area contributed by atoms with E-state index in [1.165, 1.54) is 5.01 Å². The molecule has 1 aromatic carbocycles. The van der Waals surface area contributed by atoms with E-state index in [0.717, 1.165) is 23.0 Å². The fourth-order valence-corrected chi connectivity index (χ4v) is 2.25. The zero-order valence-electron chi connectivity index (χ0n) is 8.90. The van der Waals surface area contributed by atoms with Gasteiger partial charge < -0.3 is 4.90 Å². The first-order chi connectivity index (χ1) is 7.66. The molecule has 0 saturated carbocycles. The lowest BCUT2D eigenvalue weighted by Crippen LogP contribution is -2.52. The number of urea groups is 1. The molecule has 0 unspecified atom stereocenters. The molecule has 16 heavy (non-hydrogen) atoms. The minimum Gasteiger partial charge on any atom is -0.319 e. The summed E-state index contributed by atoms with van der Waals surface area (Å²) < 4.78 is 1.03. The molecule has 1 saturated heterocycles. The summed E-state index contributed by atoms with van der Waals surface area (Å²) in [6, 6.07) is 7.87. The highest BCUT2D eigenvalue weighted by Gasteiger charge is 2.22. The molecule has 0 aliphatic carbocycles. The summed E-state index contributed by atoms with van der Waals surface area (Å²) in [6.45, 7) is 2.04. The maximum Gasteiger partial charge on any atom is 0.334 e. The van der Waals surface area contributed by atoms with Gasteiger partial charge in [0.05, 0.1) is 0 Å². The summed E-state index contributed by atoms with van der Waals surface area (Å²) >= 11 is 3.42. The molecule has 0 spiro atoms. The normalized spacial score (nSPS) is 16.8. The molecule has 2 amide bonds. The second-order valence-electron chi connectivity index (χ2n) is 3.88. The molecule has 1 aliphatic heterocycles. The predicted octanol–water partition coefficient (Wildman–Crippen LogP) is 1.95. The van der Waals surface area contributed by atoms with Gasteiger partial charge in [-0.25, -0.2) is 10.6 Å². The molecule has 0 aromatic heterocycles. The van der Waals surface area contributed by atoms with Crippen molar-refractivity contribution in [1.29, 1.82) is 0 Å². The summed E-state index contributed by atoms with van der Waals surface area (Å²) in [4.78, 5) is 13.5. The van der Waals surface area contributed by atoms with E-state index in [2.05, 4.69) is 15.9 Å². The lowest BCUT2D eigenvalue weighted by molar-refractivity contribution is 0.127. The predicted molar refractivity (Wildman–Crippen MR) is 65.5 cm³/mol. The molecule has 4 nitrogen and oxygen atoms in total. The molecule has 0 atom stereocenters. The van der Waals surface area contributed by atoms with Crippen molar-refractivity contribution < 1.29 is 4.79 Å². The fourth-order valence-electron chi connectivity index (χ4n) is 1.81. The van der Waals surface area contributed by atoms with Gasteiger partial charge in [0.25, 0.3) is 0 Å². The van der Waals surface area contributed by atoms with E-state index in [0.29, 0.717) is 13.1 Å². The topological polar surface area (TPSA) is 49.6 Å². The maximum atomic E-state index is 11.7. The molecule has 0 bridgehead atoms. The number of hydrazine groups is 1. The average molecular weight is 284 g/mol. The van der Waals surface area contributed by atoms with E-state index >= 15 is 0 Å². The van der Waals surface area contributed by atoms with Crippen molar-refractivity contribution in [2.24, 2.45) is 5.84 Å². The van der Waals surface area contributed by atoms with E-state index in [9.17, 15) is 4.79 Å². The zero-order valence-corrected chi connectivity index (χ0v) is 10.5. The van der Waals surface area contributed by atoms with Crippen molar-refractivity contribution >= 4 is 22.0 Å². The van der Waals surface area contributed by atoms with Crippen LogP contribution < -0.4 is 5.84 Å². The molecule has 2 N–H and O–H groups in total. The van der Waals surface area contributed by atoms with Gasteiger partial charge in [-0.1, -0.05) is 28.1 Å². The van der Waals surface area contributed by atoms with Crippen LogP contribution in [0.15, 0.2) is 28.7 Å². The molecule has 1 aliphatic rings. The molecular weight excluding hydrogens is 270 g/mol. The lowest BCUT2D eigenvalue weighted by Gasteiger charge is -2.32. The van der Waals surface area contributed by atoms with Crippen molar-refractivity contribution in [3.63, 3.8) is 0 Å². The van der Waals surface area contributed by atoms with E-state index in [1.807, 2.05) is 24.3 Å². The number of nitrogens with zero attached hydrogens (tertiary/aromatic N) is 2. The van der Waals surface area contributed by atoms with Gasteiger partial charge in [-0.3, -0.25) is 5.01 Å². The first-order valence-electron chi connectivity index (χ1n) is 5.22. The average Bonchev–Trinajstić information content (AvgIpc) is 2.25. The molecule has 1 heterocycles. The second kappa shape index (κ2) is 4.84. The van der Waals surface area contributed by atoms with Crippen molar-refractivity contribution in [2.75, 3.05) is 13.1 Å². The standard InChI is InChI=1S/C11H14BrN3O/c12-10-4-1-3-9(7-10)8-14-5-2-6-15(13)11(14)16/h1,3-4,7H,2,5-6,8,13H2. The van der Waals surface area contributed by atoms with Crippen molar-refractivity contribution in [3.8, 4) is 0 Å². The number of rotatable bonds is 2. The number of carbonyl (C=O) groups is 1. The van der Waals surface area contributed by atoms with Crippen molar-refractivity contribution in [1.82, 2.24) is 9.91 Å². The third kappa shape index (κ3) is 2.54. The number of carbonyl (C=O) groups excluding carboxylic acids is 1. The van der Waals surface area contributed by atoms with Crippen LogP contribution in [0.2, 0.25) is 0 Å². The monoisotopic (exact) mass is 283 g/mol. The maximum absolute atomic E-state index is 11.7. The minimum absolute atomic E-state index is 0.0915. The van der Waals surface area contributed by atoms with Gasteiger partial charge in [0, 0.05) is 24.1 Å². The number of hydrogen-bond donors (Lipinski definition) is 1.